The summed E-state index contributed by atoms with van der Waals surface area (Å²) in [7, 11) is 0. The van der Waals surface area contributed by atoms with Crippen LogP contribution in [-0.4, -0.2) is 46.2 Å². The molecule has 0 bridgehead atoms. The number of amides is 3. The number of ether oxygens (including phenoxy) is 1. The fourth-order valence-corrected chi connectivity index (χ4v) is 3.64. The Morgan fingerprint density at radius 1 is 1.26 bits per heavy atom. The first kappa shape index (κ1) is 19.1. The molecule has 1 aromatic heterocycles. The molecule has 1 saturated heterocycles. The fourth-order valence-electron chi connectivity index (χ4n) is 2.96. The second-order valence-electron chi connectivity index (χ2n) is 6.05. The number of hydrogen-bond donors (Lipinski definition) is 2. The lowest BCUT2D eigenvalue weighted by molar-refractivity contribution is -0.119. The molecule has 0 unspecified atom stereocenters. The summed E-state index contributed by atoms with van der Waals surface area (Å²) in [6, 6.07) is 6.41. The van der Waals surface area contributed by atoms with Gasteiger partial charge in [-0.25, -0.2) is 4.79 Å². The minimum atomic E-state index is -0.529. The molecule has 3 rings (SSSR count). The van der Waals surface area contributed by atoms with E-state index in [4.69, 9.17) is 4.74 Å². The molecule has 0 saturated carbocycles. The zero-order valence-electron chi connectivity index (χ0n) is 15.4. The van der Waals surface area contributed by atoms with Crippen molar-refractivity contribution in [1.29, 1.82) is 0 Å². The Balaban J connectivity index is 1.66. The summed E-state index contributed by atoms with van der Waals surface area (Å²) >= 11 is 1.35. The van der Waals surface area contributed by atoms with Gasteiger partial charge < -0.3 is 15.0 Å². The maximum absolute atomic E-state index is 12.7. The summed E-state index contributed by atoms with van der Waals surface area (Å²) in [6.07, 6.45) is 2.16. The third kappa shape index (κ3) is 4.54. The van der Waals surface area contributed by atoms with E-state index in [1.165, 1.54) is 11.3 Å². The highest BCUT2D eigenvalue weighted by molar-refractivity contribution is 7.15. The zero-order valence-corrected chi connectivity index (χ0v) is 16.2. The number of anilines is 2. The Morgan fingerprint density at radius 2 is 2.07 bits per heavy atom. The second-order valence-corrected chi connectivity index (χ2v) is 7.12. The number of aromatic nitrogens is 2. The van der Waals surface area contributed by atoms with Crippen molar-refractivity contribution in [2.24, 2.45) is 0 Å². The van der Waals surface area contributed by atoms with Crippen molar-refractivity contribution >= 4 is 34.1 Å². The number of carbonyl (C=O) groups is 2. The molecule has 0 radical (unpaired) electrons. The van der Waals surface area contributed by atoms with Crippen molar-refractivity contribution in [2.45, 2.75) is 39.2 Å². The molecule has 8 nitrogen and oxygen atoms in total. The molecule has 2 aromatic rings. The molecule has 144 valence electrons. The van der Waals surface area contributed by atoms with Crippen LogP contribution in [0.2, 0.25) is 0 Å². The van der Waals surface area contributed by atoms with Crippen LogP contribution in [0.3, 0.4) is 0 Å². The number of benzene rings is 1. The van der Waals surface area contributed by atoms with E-state index in [1.54, 1.807) is 17.0 Å². The van der Waals surface area contributed by atoms with Gasteiger partial charge in [-0.05, 0) is 38.3 Å². The van der Waals surface area contributed by atoms with Crippen molar-refractivity contribution in [3.8, 4) is 5.75 Å². The molecular weight excluding hydrogens is 366 g/mol. The first-order chi connectivity index (χ1) is 13.1. The Labute approximate surface area is 161 Å². The molecule has 1 aliphatic heterocycles. The average Bonchev–Trinajstić information content (AvgIpc) is 3.32. The van der Waals surface area contributed by atoms with Crippen LogP contribution in [0.4, 0.5) is 15.6 Å². The Kier molecular flexibility index (Phi) is 6.23. The van der Waals surface area contributed by atoms with E-state index in [1.807, 2.05) is 26.0 Å². The molecule has 2 N–H and O–H groups in total. The number of nitrogens with one attached hydrogen (secondary N) is 2. The molecule has 9 heteroatoms. The quantitative estimate of drug-likeness (QED) is 0.791. The fraction of sp³-hybridized carbons (Fsp3) is 0.444. The number of urea groups is 1. The second kappa shape index (κ2) is 8.81. The third-order valence-electron chi connectivity index (χ3n) is 4.24. The molecule has 1 aliphatic rings. The number of hydrogen-bond acceptors (Lipinski definition) is 6. The van der Waals surface area contributed by atoms with Crippen LogP contribution in [-0.2, 0) is 11.2 Å². The van der Waals surface area contributed by atoms with E-state index in [9.17, 15) is 9.59 Å². The molecule has 1 aromatic carbocycles. The van der Waals surface area contributed by atoms with Crippen LogP contribution < -0.4 is 15.4 Å². The van der Waals surface area contributed by atoms with Crippen LogP contribution in [0.5, 0.6) is 5.75 Å². The van der Waals surface area contributed by atoms with E-state index < -0.39 is 6.04 Å². The molecule has 1 atom stereocenters. The molecule has 27 heavy (non-hydrogen) atoms. The lowest BCUT2D eigenvalue weighted by atomic mass is 10.2. The van der Waals surface area contributed by atoms with E-state index in [-0.39, 0.29) is 11.9 Å². The molecule has 2 heterocycles. The van der Waals surface area contributed by atoms with E-state index in [2.05, 4.69) is 20.8 Å². The summed E-state index contributed by atoms with van der Waals surface area (Å²) < 4.78 is 5.54. The van der Waals surface area contributed by atoms with Gasteiger partial charge in [0.2, 0.25) is 11.0 Å². The van der Waals surface area contributed by atoms with Gasteiger partial charge in [0, 0.05) is 6.54 Å². The average molecular weight is 389 g/mol. The molecule has 0 aliphatic carbocycles. The SMILES string of the molecule is CCOc1ccccc1NC(=O)N1CCC[C@@H]1C(=O)Nc1nnc(CC)s1. The highest BCUT2D eigenvalue weighted by Gasteiger charge is 2.34. The lowest BCUT2D eigenvalue weighted by Crippen LogP contribution is -2.45. The lowest BCUT2D eigenvalue weighted by Gasteiger charge is -2.24. The van der Waals surface area contributed by atoms with Gasteiger partial charge in [-0.2, -0.15) is 0 Å². The van der Waals surface area contributed by atoms with Gasteiger partial charge in [0.1, 0.15) is 16.8 Å². The first-order valence-electron chi connectivity index (χ1n) is 9.05. The number of likely N-dealkylation sites (tertiary alicyclic amines) is 1. The van der Waals surface area contributed by atoms with Gasteiger partial charge in [-0.3, -0.25) is 10.1 Å². The Morgan fingerprint density at radius 3 is 2.81 bits per heavy atom. The maximum Gasteiger partial charge on any atom is 0.322 e. The van der Waals surface area contributed by atoms with Crippen molar-refractivity contribution in [3.63, 3.8) is 0 Å². The monoisotopic (exact) mass is 389 g/mol. The minimum absolute atomic E-state index is 0.237. The highest BCUT2D eigenvalue weighted by Crippen LogP contribution is 2.26. The van der Waals surface area contributed by atoms with Gasteiger partial charge in [0.15, 0.2) is 0 Å². The Bertz CT molecular complexity index is 810. The summed E-state index contributed by atoms with van der Waals surface area (Å²) in [4.78, 5) is 26.9. The Hall–Kier alpha value is -2.68. The van der Waals surface area contributed by atoms with Crippen molar-refractivity contribution < 1.29 is 14.3 Å². The predicted octanol–water partition coefficient (Wildman–Crippen LogP) is 3.13. The van der Waals surface area contributed by atoms with Crippen LogP contribution in [0.25, 0.3) is 0 Å². The largest absolute Gasteiger partial charge is 0.492 e. The van der Waals surface area contributed by atoms with Gasteiger partial charge in [-0.1, -0.05) is 30.4 Å². The summed E-state index contributed by atoms with van der Waals surface area (Å²) in [6.45, 7) is 4.90. The van der Waals surface area contributed by atoms with E-state index in [0.29, 0.717) is 36.1 Å². The normalized spacial score (nSPS) is 16.2. The smallest absolute Gasteiger partial charge is 0.322 e. The minimum Gasteiger partial charge on any atom is -0.492 e. The molecule has 1 fully saturated rings. The van der Waals surface area contributed by atoms with Crippen LogP contribution in [0, 0.1) is 0 Å². The highest BCUT2D eigenvalue weighted by atomic mass is 32.1. The summed E-state index contributed by atoms with van der Waals surface area (Å²) in [5, 5.41) is 14.9. The van der Waals surface area contributed by atoms with Gasteiger partial charge in [0.05, 0.1) is 12.3 Å². The number of aryl methyl sites for hydroxylation is 1. The number of carbonyl (C=O) groups excluding carboxylic acids is 2. The van der Waals surface area contributed by atoms with Gasteiger partial charge >= 0.3 is 6.03 Å². The van der Waals surface area contributed by atoms with Gasteiger partial charge in [-0.15, -0.1) is 10.2 Å². The van der Waals surface area contributed by atoms with E-state index in [0.717, 1.165) is 17.8 Å². The maximum atomic E-state index is 12.7. The van der Waals surface area contributed by atoms with Crippen molar-refractivity contribution in [2.75, 3.05) is 23.8 Å². The summed E-state index contributed by atoms with van der Waals surface area (Å²) in [5.74, 6) is 0.369. The van der Waals surface area contributed by atoms with Crippen molar-refractivity contribution in [3.05, 3.63) is 29.3 Å². The first-order valence-corrected chi connectivity index (χ1v) is 9.86. The topological polar surface area (TPSA) is 96.5 Å². The summed E-state index contributed by atoms with van der Waals surface area (Å²) in [5.41, 5.74) is 0.590. The molecular formula is C18H23N5O3S. The molecule has 0 spiro atoms. The number of nitrogens with zero attached hydrogens (tertiary/aromatic N) is 3. The van der Waals surface area contributed by atoms with Crippen LogP contribution in [0.1, 0.15) is 31.7 Å². The van der Waals surface area contributed by atoms with Crippen LogP contribution >= 0.6 is 11.3 Å². The van der Waals surface area contributed by atoms with Gasteiger partial charge in [0.25, 0.3) is 0 Å². The molecule has 3 amide bonds. The zero-order chi connectivity index (χ0) is 19.2. The third-order valence-corrected chi connectivity index (χ3v) is 5.23. The van der Waals surface area contributed by atoms with Crippen LogP contribution in [0.15, 0.2) is 24.3 Å². The number of para-hydroxylation sites is 2. The van der Waals surface area contributed by atoms with Crippen molar-refractivity contribution in [1.82, 2.24) is 15.1 Å². The van der Waals surface area contributed by atoms with E-state index >= 15 is 0 Å². The number of rotatable bonds is 6. The standard InChI is InChI=1S/C18H23N5O3S/c1-3-15-21-22-17(27-15)20-16(24)13-9-7-11-23(13)18(25)19-12-8-5-6-10-14(12)26-4-2/h5-6,8,10,13H,3-4,7,9,11H2,1-2H3,(H,19,25)(H,20,22,24)/t13-/m1/s1. The predicted molar refractivity (Wildman–Crippen MR) is 104 cm³/mol.